The third kappa shape index (κ3) is 4.07. The van der Waals surface area contributed by atoms with Crippen LogP contribution in [0, 0.1) is 0 Å². The van der Waals surface area contributed by atoms with Crippen LogP contribution in [-0.4, -0.2) is 51.8 Å². The zero-order chi connectivity index (χ0) is 19.5. The molecule has 0 unspecified atom stereocenters. The standard InChI is InChI=1S/C22H28N6/c1-26(2)22-23-13-20(18-8-5-4-6-9-18)21(25-22)19-10-7-11-28(16-19)15-17-12-24-27(3)14-17/h4-6,8-9,12-14,19H,7,10-11,15-16H2,1-3H3/t19-/m1/s1. The van der Waals surface area contributed by atoms with Crippen molar-refractivity contribution >= 4 is 5.95 Å². The average molecular weight is 377 g/mol. The van der Waals surface area contributed by atoms with E-state index in [4.69, 9.17) is 4.98 Å². The fourth-order valence-electron chi connectivity index (χ4n) is 3.99. The first-order valence-electron chi connectivity index (χ1n) is 9.89. The van der Waals surface area contributed by atoms with Crippen molar-refractivity contribution in [3.63, 3.8) is 0 Å². The summed E-state index contributed by atoms with van der Waals surface area (Å²) in [5, 5.41) is 4.31. The molecule has 0 spiro atoms. The minimum Gasteiger partial charge on any atom is -0.347 e. The van der Waals surface area contributed by atoms with Gasteiger partial charge in [0.25, 0.3) is 0 Å². The largest absolute Gasteiger partial charge is 0.347 e. The Morgan fingerprint density at radius 1 is 1.14 bits per heavy atom. The highest BCUT2D eigenvalue weighted by Gasteiger charge is 2.26. The summed E-state index contributed by atoms with van der Waals surface area (Å²) in [7, 11) is 5.96. The van der Waals surface area contributed by atoms with Crippen molar-refractivity contribution < 1.29 is 0 Å². The Hall–Kier alpha value is -2.73. The van der Waals surface area contributed by atoms with Crippen LogP contribution in [0.5, 0.6) is 0 Å². The molecule has 0 amide bonds. The maximum atomic E-state index is 4.99. The van der Waals surface area contributed by atoms with Crippen LogP contribution in [0.3, 0.4) is 0 Å². The molecule has 146 valence electrons. The summed E-state index contributed by atoms with van der Waals surface area (Å²) in [5.41, 5.74) is 4.77. The lowest BCUT2D eigenvalue weighted by atomic mass is 9.90. The molecule has 3 heterocycles. The Balaban J connectivity index is 1.63. The zero-order valence-electron chi connectivity index (χ0n) is 16.9. The fraction of sp³-hybridized carbons (Fsp3) is 0.409. The Morgan fingerprint density at radius 3 is 2.68 bits per heavy atom. The lowest BCUT2D eigenvalue weighted by molar-refractivity contribution is 0.198. The van der Waals surface area contributed by atoms with E-state index in [-0.39, 0.29) is 0 Å². The summed E-state index contributed by atoms with van der Waals surface area (Å²) in [6.45, 7) is 3.08. The van der Waals surface area contributed by atoms with Gasteiger partial charge in [0.1, 0.15) is 0 Å². The highest BCUT2D eigenvalue weighted by atomic mass is 15.2. The van der Waals surface area contributed by atoms with Crippen LogP contribution in [0.15, 0.2) is 48.9 Å². The highest BCUT2D eigenvalue weighted by Crippen LogP contribution is 2.34. The highest BCUT2D eigenvalue weighted by molar-refractivity contribution is 5.66. The molecular formula is C22H28N6. The third-order valence-corrected chi connectivity index (χ3v) is 5.35. The summed E-state index contributed by atoms with van der Waals surface area (Å²) in [6.07, 6.45) is 8.41. The van der Waals surface area contributed by atoms with Gasteiger partial charge in [-0.25, -0.2) is 9.97 Å². The lowest BCUT2D eigenvalue weighted by Crippen LogP contribution is -2.34. The topological polar surface area (TPSA) is 50.1 Å². The molecule has 2 aromatic heterocycles. The minimum absolute atomic E-state index is 0.405. The molecule has 6 nitrogen and oxygen atoms in total. The molecule has 28 heavy (non-hydrogen) atoms. The second-order valence-corrected chi connectivity index (χ2v) is 7.83. The SMILES string of the molecule is CN(C)c1ncc(-c2ccccc2)c([C@@H]2CCCN(Cc3cnn(C)c3)C2)n1. The smallest absolute Gasteiger partial charge is 0.225 e. The van der Waals surface area contributed by atoms with Gasteiger partial charge in [-0.05, 0) is 24.9 Å². The third-order valence-electron chi connectivity index (χ3n) is 5.35. The van der Waals surface area contributed by atoms with E-state index in [2.05, 4.69) is 51.5 Å². The fourth-order valence-corrected chi connectivity index (χ4v) is 3.99. The molecule has 3 aromatic rings. The Morgan fingerprint density at radius 2 is 1.96 bits per heavy atom. The van der Waals surface area contributed by atoms with Crippen molar-refractivity contribution in [2.24, 2.45) is 7.05 Å². The van der Waals surface area contributed by atoms with Crippen LogP contribution in [0.1, 0.15) is 30.0 Å². The quantitative estimate of drug-likeness (QED) is 0.684. The molecule has 1 atom stereocenters. The molecule has 1 fully saturated rings. The van der Waals surface area contributed by atoms with Gasteiger partial charge >= 0.3 is 0 Å². The number of anilines is 1. The zero-order valence-corrected chi connectivity index (χ0v) is 16.9. The number of piperidine rings is 1. The first-order chi connectivity index (χ1) is 13.6. The predicted molar refractivity (Wildman–Crippen MR) is 112 cm³/mol. The van der Waals surface area contributed by atoms with Crippen molar-refractivity contribution in [2.75, 3.05) is 32.1 Å². The van der Waals surface area contributed by atoms with E-state index in [1.807, 2.05) is 43.1 Å². The van der Waals surface area contributed by atoms with Gasteiger partial charge in [-0.1, -0.05) is 30.3 Å². The van der Waals surface area contributed by atoms with E-state index in [1.54, 1.807) is 0 Å². The van der Waals surface area contributed by atoms with Crippen LogP contribution < -0.4 is 4.90 Å². The van der Waals surface area contributed by atoms with Gasteiger partial charge in [0.05, 0.1) is 11.9 Å². The summed E-state index contributed by atoms with van der Waals surface area (Å²) >= 11 is 0. The summed E-state index contributed by atoms with van der Waals surface area (Å²) in [5.74, 6) is 1.18. The molecule has 6 heteroatoms. The molecule has 0 N–H and O–H groups in total. The molecule has 1 aromatic carbocycles. The lowest BCUT2D eigenvalue weighted by Gasteiger charge is -2.33. The Bertz CT molecular complexity index is 918. The van der Waals surface area contributed by atoms with E-state index in [0.29, 0.717) is 5.92 Å². The summed E-state index contributed by atoms with van der Waals surface area (Å²) in [6, 6.07) is 10.5. The number of aryl methyl sites for hydroxylation is 1. The van der Waals surface area contributed by atoms with Gasteiger partial charge in [-0.3, -0.25) is 9.58 Å². The number of benzene rings is 1. The van der Waals surface area contributed by atoms with Crippen molar-refractivity contribution in [3.05, 3.63) is 60.2 Å². The summed E-state index contributed by atoms with van der Waals surface area (Å²) in [4.78, 5) is 14.1. The second-order valence-electron chi connectivity index (χ2n) is 7.83. The molecule has 1 aliphatic heterocycles. The molecule has 0 saturated carbocycles. The number of likely N-dealkylation sites (tertiary alicyclic amines) is 1. The van der Waals surface area contributed by atoms with Crippen molar-refractivity contribution in [1.82, 2.24) is 24.6 Å². The monoisotopic (exact) mass is 376 g/mol. The maximum absolute atomic E-state index is 4.99. The van der Waals surface area contributed by atoms with Crippen molar-refractivity contribution in [1.29, 1.82) is 0 Å². The van der Waals surface area contributed by atoms with Crippen molar-refractivity contribution in [3.8, 4) is 11.1 Å². The number of aromatic nitrogens is 4. The van der Waals surface area contributed by atoms with E-state index >= 15 is 0 Å². The average Bonchev–Trinajstić information content (AvgIpc) is 3.13. The second kappa shape index (κ2) is 8.10. The van der Waals surface area contributed by atoms with E-state index in [9.17, 15) is 0 Å². The Kier molecular flexibility index (Phi) is 5.39. The van der Waals surface area contributed by atoms with E-state index in [0.717, 1.165) is 37.6 Å². The first kappa shape index (κ1) is 18.6. The minimum atomic E-state index is 0.405. The normalized spacial score (nSPS) is 17.6. The first-order valence-corrected chi connectivity index (χ1v) is 9.89. The molecular weight excluding hydrogens is 348 g/mol. The van der Waals surface area contributed by atoms with Gasteiger partial charge in [0.15, 0.2) is 0 Å². The van der Waals surface area contributed by atoms with Crippen LogP contribution in [0.4, 0.5) is 5.95 Å². The van der Waals surface area contributed by atoms with Crippen LogP contribution in [0.2, 0.25) is 0 Å². The van der Waals surface area contributed by atoms with Gasteiger partial charge in [-0.15, -0.1) is 0 Å². The van der Waals surface area contributed by atoms with Crippen LogP contribution in [0.25, 0.3) is 11.1 Å². The molecule has 1 saturated heterocycles. The van der Waals surface area contributed by atoms with Gasteiger partial charge in [-0.2, -0.15) is 5.10 Å². The van der Waals surface area contributed by atoms with Crippen LogP contribution in [-0.2, 0) is 13.6 Å². The molecule has 1 aliphatic rings. The molecule has 0 aliphatic carbocycles. The Labute approximate surface area is 166 Å². The van der Waals surface area contributed by atoms with Gasteiger partial charge in [0.2, 0.25) is 5.95 Å². The van der Waals surface area contributed by atoms with Gasteiger partial charge < -0.3 is 4.90 Å². The van der Waals surface area contributed by atoms with Crippen molar-refractivity contribution in [2.45, 2.75) is 25.3 Å². The molecule has 4 rings (SSSR count). The maximum Gasteiger partial charge on any atom is 0.225 e. The summed E-state index contributed by atoms with van der Waals surface area (Å²) < 4.78 is 1.87. The van der Waals surface area contributed by atoms with E-state index in [1.165, 1.54) is 23.2 Å². The van der Waals surface area contributed by atoms with Crippen LogP contribution >= 0.6 is 0 Å². The number of nitrogens with zero attached hydrogens (tertiary/aromatic N) is 6. The number of hydrogen-bond donors (Lipinski definition) is 0. The van der Waals surface area contributed by atoms with Gasteiger partial charge in [0, 0.05) is 63.7 Å². The predicted octanol–water partition coefficient (Wildman–Crippen LogP) is 3.32. The number of rotatable bonds is 5. The number of hydrogen-bond acceptors (Lipinski definition) is 5. The van der Waals surface area contributed by atoms with E-state index < -0.39 is 0 Å². The molecule has 0 radical (unpaired) electrons. The molecule has 0 bridgehead atoms.